The number of piperidine rings is 1. The van der Waals surface area contributed by atoms with E-state index in [0.717, 1.165) is 35.3 Å². The summed E-state index contributed by atoms with van der Waals surface area (Å²) in [5.74, 6) is -0.413. The van der Waals surface area contributed by atoms with Gasteiger partial charge >= 0.3 is 0 Å². The van der Waals surface area contributed by atoms with Gasteiger partial charge in [0.15, 0.2) is 0 Å². The number of carbonyl (C=O) groups is 3. The molecule has 1 aliphatic rings. The second-order valence-corrected chi connectivity index (χ2v) is 9.99. The Hall–Kier alpha value is -3.30. The number of anilines is 1. The maximum absolute atomic E-state index is 12.9. The molecule has 0 radical (unpaired) electrons. The molecule has 2 heterocycles. The summed E-state index contributed by atoms with van der Waals surface area (Å²) in [5.41, 5.74) is 2.74. The third kappa shape index (κ3) is 6.86. The van der Waals surface area contributed by atoms with Crippen molar-refractivity contribution in [1.82, 2.24) is 20.4 Å². The average molecular weight is 512 g/mol. The largest absolute Gasteiger partial charge is 0.352 e. The van der Waals surface area contributed by atoms with E-state index in [1.54, 1.807) is 17.0 Å². The highest BCUT2D eigenvalue weighted by atomic mass is 35.5. The number of hydrogen-bond acceptors (Lipinski definition) is 6. The van der Waals surface area contributed by atoms with Crippen molar-refractivity contribution >= 4 is 46.3 Å². The molecule has 10 heteroatoms. The van der Waals surface area contributed by atoms with E-state index in [9.17, 15) is 14.4 Å². The van der Waals surface area contributed by atoms with Crippen molar-refractivity contribution in [2.45, 2.75) is 32.7 Å². The molecule has 0 atom stereocenters. The van der Waals surface area contributed by atoms with Gasteiger partial charge < -0.3 is 15.5 Å². The SMILES string of the molecule is Cc1ccc(NC(=O)c2nnc(C(=O)N3CCC(CC(=O)NCc4ccc(Cl)cc4)CC3)s2)cc1. The molecule has 0 bridgehead atoms. The minimum Gasteiger partial charge on any atom is -0.352 e. The fraction of sp³-hybridized carbons (Fsp3) is 0.320. The highest BCUT2D eigenvalue weighted by Crippen LogP contribution is 2.23. The molecule has 3 amide bonds. The van der Waals surface area contributed by atoms with Crippen molar-refractivity contribution in [2.75, 3.05) is 18.4 Å². The van der Waals surface area contributed by atoms with E-state index in [2.05, 4.69) is 20.8 Å². The standard InChI is InChI=1S/C25H26ClN5O3S/c1-16-2-8-20(9-3-16)28-22(33)23-29-30-24(35-23)25(34)31-12-10-17(11-13-31)14-21(32)27-15-18-4-6-19(26)7-5-18/h2-9,17H,10-15H2,1H3,(H,27,32)(H,28,33). The molecule has 1 aromatic heterocycles. The second-order valence-electron chi connectivity index (χ2n) is 8.58. The summed E-state index contributed by atoms with van der Waals surface area (Å²) >= 11 is 6.87. The van der Waals surface area contributed by atoms with Crippen LogP contribution in [0.1, 0.15) is 50.0 Å². The topological polar surface area (TPSA) is 104 Å². The van der Waals surface area contributed by atoms with Crippen molar-refractivity contribution in [3.8, 4) is 0 Å². The van der Waals surface area contributed by atoms with Crippen LogP contribution in [0.15, 0.2) is 48.5 Å². The summed E-state index contributed by atoms with van der Waals surface area (Å²) < 4.78 is 0. The number of likely N-dealkylation sites (tertiary alicyclic amines) is 1. The van der Waals surface area contributed by atoms with Gasteiger partial charge in [-0.2, -0.15) is 0 Å². The predicted octanol–water partition coefficient (Wildman–Crippen LogP) is 4.31. The molecule has 3 aromatic rings. The van der Waals surface area contributed by atoms with Crippen LogP contribution in [0, 0.1) is 12.8 Å². The van der Waals surface area contributed by atoms with Gasteiger partial charge in [0.05, 0.1) is 0 Å². The number of aryl methyl sites for hydroxylation is 1. The Kier molecular flexibility index (Phi) is 8.09. The molecule has 2 aromatic carbocycles. The smallest absolute Gasteiger partial charge is 0.286 e. The predicted molar refractivity (Wildman–Crippen MR) is 136 cm³/mol. The molecule has 0 aliphatic carbocycles. The van der Waals surface area contributed by atoms with Crippen LogP contribution in [0.2, 0.25) is 5.02 Å². The first-order valence-electron chi connectivity index (χ1n) is 11.4. The third-order valence-corrected chi connectivity index (χ3v) is 7.05. The molecule has 0 unspecified atom stereocenters. The lowest BCUT2D eigenvalue weighted by Crippen LogP contribution is -2.39. The van der Waals surface area contributed by atoms with Gasteiger partial charge in [-0.1, -0.05) is 52.8 Å². The molecule has 35 heavy (non-hydrogen) atoms. The fourth-order valence-electron chi connectivity index (χ4n) is 3.84. The molecule has 1 aliphatic heterocycles. The summed E-state index contributed by atoms with van der Waals surface area (Å²) in [6.07, 6.45) is 1.90. The van der Waals surface area contributed by atoms with E-state index in [1.165, 1.54) is 0 Å². The number of amides is 3. The lowest BCUT2D eigenvalue weighted by Gasteiger charge is -2.31. The van der Waals surface area contributed by atoms with Gasteiger partial charge in [-0.05, 0) is 55.5 Å². The van der Waals surface area contributed by atoms with Crippen LogP contribution in [0.4, 0.5) is 5.69 Å². The first-order chi connectivity index (χ1) is 16.9. The number of carbonyl (C=O) groups excluding carboxylic acids is 3. The minimum atomic E-state index is -0.395. The highest BCUT2D eigenvalue weighted by molar-refractivity contribution is 7.15. The molecule has 1 saturated heterocycles. The Morgan fingerprint density at radius 2 is 1.66 bits per heavy atom. The summed E-state index contributed by atoms with van der Waals surface area (Å²) in [6.45, 7) is 3.51. The van der Waals surface area contributed by atoms with Crippen LogP contribution in [0.3, 0.4) is 0 Å². The number of halogens is 1. The first kappa shape index (κ1) is 24.8. The van der Waals surface area contributed by atoms with Crippen molar-refractivity contribution < 1.29 is 14.4 Å². The summed E-state index contributed by atoms with van der Waals surface area (Å²) in [5, 5.41) is 14.5. The third-order valence-electron chi connectivity index (χ3n) is 5.89. The van der Waals surface area contributed by atoms with Crippen LogP contribution >= 0.6 is 22.9 Å². The van der Waals surface area contributed by atoms with Crippen LogP contribution in [0.5, 0.6) is 0 Å². The average Bonchev–Trinajstić information content (AvgIpc) is 3.36. The summed E-state index contributed by atoms with van der Waals surface area (Å²) in [7, 11) is 0. The van der Waals surface area contributed by atoms with Gasteiger partial charge in [0.1, 0.15) is 0 Å². The van der Waals surface area contributed by atoms with Crippen LogP contribution < -0.4 is 10.6 Å². The molecule has 2 N–H and O–H groups in total. The molecule has 8 nitrogen and oxygen atoms in total. The number of nitrogens with one attached hydrogen (secondary N) is 2. The van der Waals surface area contributed by atoms with Crippen molar-refractivity contribution in [3.05, 3.63) is 74.7 Å². The number of aromatic nitrogens is 2. The lowest BCUT2D eigenvalue weighted by molar-refractivity contribution is -0.122. The van der Waals surface area contributed by atoms with Crippen LogP contribution in [-0.4, -0.2) is 45.9 Å². The summed E-state index contributed by atoms with van der Waals surface area (Å²) in [6, 6.07) is 14.8. The van der Waals surface area contributed by atoms with Gasteiger partial charge in [-0.15, -0.1) is 10.2 Å². The molecule has 1 fully saturated rings. The monoisotopic (exact) mass is 511 g/mol. The van der Waals surface area contributed by atoms with E-state index in [1.807, 2.05) is 43.3 Å². The normalized spacial score (nSPS) is 13.9. The Balaban J connectivity index is 1.22. The molecular formula is C25H26ClN5O3S. The number of hydrogen-bond donors (Lipinski definition) is 2. The van der Waals surface area contributed by atoms with Gasteiger partial charge in [-0.25, -0.2) is 0 Å². The lowest BCUT2D eigenvalue weighted by atomic mass is 9.93. The number of benzene rings is 2. The zero-order chi connectivity index (χ0) is 24.8. The Labute approximate surface area is 212 Å². The van der Waals surface area contributed by atoms with Gasteiger partial charge in [0.25, 0.3) is 11.8 Å². The number of nitrogens with zero attached hydrogens (tertiary/aromatic N) is 3. The number of rotatable bonds is 7. The Morgan fingerprint density at radius 1 is 1.00 bits per heavy atom. The zero-order valence-electron chi connectivity index (χ0n) is 19.3. The molecule has 182 valence electrons. The van der Waals surface area contributed by atoms with Crippen molar-refractivity contribution in [3.63, 3.8) is 0 Å². The van der Waals surface area contributed by atoms with E-state index in [-0.39, 0.29) is 27.7 Å². The molecular weight excluding hydrogens is 486 g/mol. The Bertz CT molecular complexity index is 1190. The van der Waals surface area contributed by atoms with E-state index >= 15 is 0 Å². The fourth-order valence-corrected chi connectivity index (χ4v) is 4.67. The van der Waals surface area contributed by atoms with E-state index in [4.69, 9.17) is 11.6 Å². The van der Waals surface area contributed by atoms with E-state index < -0.39 is 5.91 Å². The van der Waals surface area contributed by atoms with Crippen molar-refractivity contribution in [2.24, 2.45) is 5.92 Å². The maximum Gasteiger partial charge on any atom is 0.286 e. The Morgan fingerprint density at radius 3 is 2.34 bits per heavy atom. The second kappa shape index (κ2) is 11.4. The molecule has 0 spiro atoms. The highest BCUT2D eigenvalue weighted by Gasteiger charge is 2.28. The van der Waals surface area contributed by atoms with Crippen molar-refractivity contribution in [1.29, 1.82) is 0 Å². The molecule has 4 rings (SSSR count). The minimum absolute atomic E-state index is 0.00178. The zero-order valence-corrected chi connectivity index (χ0v) is 20.9. The molecule has 0 saturated carbocycles. The first-order valence-corrected chi connectivity index (χ1v) is 12.6. The van der Waals surface area contributed by atoms with Gasteiger partial charge in [0.2, 0.25) is 15.9 Å². The summed E-state index contributed by atoms with van der Waals surface area (Å²) in [4.78, 5) is 39.3. The van der Waals surface area contributed by atoms with Gasteiger partial charge in [0, 0.05) is 36.8 Å². The maximum atomic E-state index is 12.9. The van der Waals surface area contributed by atoms with Gasteiger partial charge in [-0.3, -0.25) is 14.4 Å². The van der Waals surface area contributed by atoms with Crippen LogP contribution in [-0.2, 0) is 11.3 Å². The van der Waals surface area contributed by atoms with Crippen LogP contribution in [0.25, 0.3) is 0 Å². The quantitative estimate of drug-likeness (QED) is 0.492. The van der Waals surface area contributed by atoms with E-state index in [0.29, 0.717) is 36.8 Å².